The van der Waals surface area contributed by atoms with Gasteiger partial charge in [-0.2, -0.15) is 0 Å². The first-order chi connectivity index (χ1) is 18.2. The highest BCUT2D eigenvalue weighted by molar-refractivity contribution is 5.84. The quantitative estimate of drug-likeness (QED) is 0.341. The SMILES string of the molecule is CN(C(=O)[C@@H](CNC(=O)OC(C)(C)C)Cc1ccc2ccccc2c1)[C@@H](COCCO)Cc1ccccc1. The lowest BCUT2D eigenvalue weighted by Gasteiger charge is -2.32. The van der Waals surface area contributed by atoms with Crippen LogP contribution in [0.25, 0.3) is 10.8 Å². The summed E-state index contributed by atoms with van der Waals surface area (Å²) in [6, 6.07) is 24.0. The van der Waals surface area contributed by atoms with Crippen molar-refractivity contribution in [2.75, 3.05) is 33.4 Å². The second-order valence-corrected chi connectivity index (χ2v) is 10.6. The Bertz CT molecular complexity index is 1180. The van der Waals surface area contributed by atoms with Crippen LogP contribution in [-0.4, -0.2) is 67.1 Å². The molecule has 7 heteroatoms. The summed E-state index contributed by atoms with van der Waals surface area (Å²) >= 11 is 0. The number of aliphatic hydroxyl groups excluding tert-OH is 1. The summed E-state index contributed by atoms with van der Waals surface area (Å²) in [6.45, 7) is 5.96. The van der Waals surface area contributed by atoms with Crippen molar-refractivity contribution in [1.29, 1.82) is 0 Å². The van der Waals surface area contributed by atoms with E-state index in [1.165, 1.54) is 0 Å². The fourth-order valence-electron chi connectivity index (χ4n) is 4.36. The maximum absolute atomic E-state index is 13.9. The first-order valence-electron chi connectivity index (χ1n) is 13.1. The molecule has 3 aromatic rings. The van der Waals surface area contributed by atoms with E-state index in [0.717, 1.165) is 21.9 Å². The summed E-state index contributed by atoms with van der Waals surface area (Å²) < 4.78 is 11.1. The molecule has 0 saturated heterocycles. The van der Waals surface area contributed by atoms with E-state index in [0.29, 0.717) is 19.4 Å². The Morgan fingerprint density at radius 1 is 0.921 bits per heavy atom. The minimum atomic E-state index is -0.635. The topological polar surface area (TPSA) is 88.1 Å². The molecule has 0 saturated carbocycles. The van der Waals surface area contributed by atoms with Gasteiger partial charge < -0.3 is 24.8 Å². The van der Waals surface area contributed by atoms with E-state index < -0.39 is 17.6 Å². The van der Waals surface area contributed by atoms with Crippen molar-refractivity contribution in [3.63, 3.8) is 0 Å². The number of hydrogen-bond donors (Lipinski definition) is 2. The van der Waals surface area contributed by atoms with Gasteiger partial charge in [0.1, 0.15) is 5.60 Å². The maximum atomic E-state index is 13.9. The Kier molecular flexibility index (Phi) is 10.7. The molecule has 2 atom stereocenters. The summed E-state index contributed by atoms with van der Waals surface area (Å²) in [5, 5.41) is 14.2. The lowest BCUT2D eigenvalue weighted by atomic mass is 9.95. The summed E-state index contributed by atoms with van der Waals surface area (Å²) in [5.41, 5.74) is 1.46. The maximum Gasteiger partial charge on any atom is 0.407 e. The molecule has 0 fully saturated rings. The van der Waals surface area contributed by atoms with Gasteiger partial charge in [0, 0.05) is 13.6 Å². The molecule has 0 aromatic heterocycles. The van der Waals surface area contributed by atoms with Gasteiger partial charge in [-0.05, 0) is 55.5 Å². The lowest BCUT2D eigenvalue weighted by molar-refractivity contribution is -0.137. The minimum absolute atomic E-state index is 0.0832. The monoisotopic (exact) mass is 520 g/mol. The highest BCUT2D eigenvalue weighted by Crippen LogP contribution is 2.20. The molecule has 2 N–H and O–H groups in total. The van der Waals surface area contributed by atoms with E-state index in [9.17, 15) is 14.7 Å². The molecule has 3 aromatic carbocycles. The minimum Gasteiger partial charge on any atom is -0.444 e. The number of fused-ring (bicyclic) bond motifs is 1. The number of nitrogens with zero attached hydrogens (tertiary/aromatic N) is 1. The third-order valence-electron chi connectivity index (χ3n) is 6.29. The molecule has 0 bridgehead atoms. The summed E-state index contributed by atoms with van der Waals surface area (Å²) in [4.78, 5) is 28.0. The molecule has 0 spiro atoms. The number of aliphatic hydroxyl groups is 1. The van der Waals surface area contributed by atoms with Gasteiger partial charge in [-0.1, -0.05) is 72.8 Å². The number of carbonyl (C=O) groups excluding carboxylic acids is 2. The van der Waals surface area contributed by atoms with Crippen LogP contribution in [0.1, 0.15) is 31.9 Å². The molecule has 204 valence electrons. The average molecular weight is 521 g/mol. The second-order valence-electron chi connectivity index (χ2n) is 10.6. The van der Waals surface area contributed by atoms with Gasteiger partial charge >= 0.3 is 6.09 Å². The van der Waals surface area contributed by atoms with Crippen molar-refractivity contribution in [3.05, 3.63) is 83.9 Å². The molecule has 38 heavy (non-hydrogen) atoms. The van der Waals surface area contributed by atoms with Gasteiger partial charge in [0.05, 0.1) is 31.8 Å². The van der Waals surface area contributed by atoms with Crippen LogP contribution >= 0.6 is 0 Å². The Morgan fingerprint density at radius 2 is 1.61 bits per heavy atom. The molecular formula is C31H40N2O5. The highest BCUT2D eigenvalue weighted by Gasteiger charge is 2.29. The number of benzene rings is 3. The van der Waals surface area contributed by atoms with Crippen LogP contribution in [0.3, 0.4) is 0 Å². The number of amides is 2. The number of alkyl carbamates (subject to hydrolysis) is 1. The van der Waals surface area contributed by atoms with Crippen LogP contribution in [0, 0.1) is 5.92 Å². The second kappa shape index (κ2) is 13.9. The molecule has 2 amide bonds. The fraction of sp³-hybridized carbons (Fsp3) is 0.419. The van der Waals surface area contributed by atoms with E-state index in [-0.39, 0.29) is 31.7 Å². The summed E-state index contributed by atoms with van der Waals surface area (Å²) in [5.74, 6) is -0.604. The summed E-state index contributed by atoms with van der Waals surface area (Å²) in [6.07, 6.45) is 0.513. The fourth-order valence-corrected chi connectivity index (χ4v) is 4.36. The normalized spacial score (nSPS) is 13.1. The van der Waals surface area contributed by atoms with Crippen LogP contribution in [0.2, 0.25) is 0 Å². The molecule has 0 unspecified atom stereocenters. The first kappa shape index (κ1) is 29.1. The predicted octanol–water partition coefficient (Wildman–Crippen LogP) is 4.60. The van der Waals surface area contributed by atoms with Crippen molar-refractivity contribution >= 4 is 22.8 Å². The number of carbonyl (C=O) groups is 2. The molecule has 7 nitrogen and oxygen atoms in total. The van der Waals surface area contributed by atoms with Crippen LogP contribution in [0.15, 0.2) is 72.8 Å². The van der Waals surface area contributed by atoms with Crippen LogP contribution < -0.4 is 5.32 Å². The van der Waals surface area contributed by atoms with Gasteiger partial charge in [-0.3, -0.25) is 4.79 Å². The van der Waals surface area contributed by atoms with E-state index in [4.69, 9.17) is 9.47 Å². The zero-order valence-corrected chi connectivity index (χ0v) is 22.9. The summed E-state index contributed by atoms with van der Waals surface area (Å²) in [7, 11) is 1.78. The smallest absolute Gasteiger partial charge is 0.407 e. The van der Waals surface area contributed by atoms with Gasteiger partial charge in [-0.15, -0.1) is 0 Å². The molecule has 0 aliphatic carbocycles. The van der Waals surface area contributed by atoms with Gasteiger partial charge in [0.25, 0.3) is 0 Å². The molecule has 0 aliphatic heterocycles. The standard InChI is InChI=1S/C31H40N2O5/c1-31(2,3)38-30(36)32-21-27(19-24-14-15-25-12-8-9-13-26(25)18-24)29(35)33(4)28(22-37-17-16-34)20-23-10-6-5-7-11-23/h5-15,18,27-28,34H,16-17,19-22H2,1-4H3,(H,32,36)/t27-,28-/m1/s1. The molecular weight excluding hydrogens is 480 g/mol. The van der Waals surface area contributed by atoms with Crippen LogP contribution in [0.5, 0.6) is 0 Å². The van der Waals surface area contributed by atoms with Crippen molar-refractivity contribution in [3.8, 4) is 0 Å². The number of hydrogen-bond acceptors (Lipinski definition) is 5. The largest absolute Gasteiger partial charge is 0.444 e. The Balaban J connectivity index is 1.81. The van der Waals surface area contributed by atoms with Crippen molar-refractivity contribution in [2.45, 2.75) is 45.3 Å². The Hall–Kier alpha value is -3.42. The van der Waals surface area contributed by atoms with Crippen LogP contribution in [-0.2, 0) is 27.1 Å². The Labute approximate surface area is 225 Å². The number of nitrogens with one attached hydrogen (secondary N) is 1. The zero-order valence-electron chi connectivity index (χ0n) is 22.9. The molecule has 3 rings (SSSR count). The third-order valence-corrected chi connectivity index (χ3v) is 6.29. The van der Waals surface area contributed by atoms with E-state index in [1.807, 2.05) is 48.5 Å². The number of ether oxygens (including phenoxy) is 2. The van der Waals surface area contributed by atoms with E-state index in [2.05, 4.69) is 29.6 Å². The van der Waals surface area contributed by atoms with E-state index >= 15 is 0 Å². The van der Waals surface area contributed by atoms with Gasteiger partial charge in [0.15, 0.2) is 0 Å². The number of likely N-dealkylation sites (N-methyl/N-ethyl adjacent to an activating group) is 1. The third kappa shape index (κ3) is 9.15. The van der Waals surface area contributed by atoms with Crippen LogP contribution in [0.4, 0.5) is 4.79 Å². The zero-order chi connectivity index (χ0) is 27.5. The van der Waals surface area contributed by atoms with Gasteiger partial charge in [-0.25, -0.2) is 4.79 Å². The van der Waals surface area contributed by atoms with Gasteiger partial charge in [0.2, 0.25) is 5.91 Å². The van der Waals surface area contributed by atoms with E-state index in [1.54, 1.807) is 32.7 Å². The molecule has 0 radical (unpaired) electrons. The Morgan fingerprint density at radius 3 is 2.29 bits per heavy atom. The van der Waals surface area contributed by atoms with Crippen molar-refractivity contribution < 1.29 is 24.2 Å². The van der Waals surface area contributed by atoms with Crippen molar-refractivity contribution in [1.82, 2.24) is 10.2 Å². The molecule has 0 heterocycles. The van der Waals surface area contributed by atoms with Crippen molar-refractivity contribution in [2.24, 2.45) is 5.92 Å². The number of rotatable bonds is 12. The molecule has 0 aliphatic rings. The first-order valence-corrected chi connectivity index (χ1v) is 13.1. The lowest BCUT2D eigenvalue weighted by Crippen LogP contribution is -2.48. The average Bonchev–Trinajstić information content (AvgIpc) is 2.89. The highest BCUT2D eigenvalue weighted by atomic mass is 16.6. The predicted molar refractivity (Wildman–Crippen MR) is 150 cm³/mol.